The number of amides is 1. The predicted molar refractivity (Wildman–Crippen MR) is 88.1 cm³/mol. The maximum Gasteiger partial charge on any atom is 0.306 e. The zero-order valence-corrected chi connectivity index (χ0v) is 13.0. The van der Waals surface area contributed by atoms with Crippen LogP contribution in [-0.2, 0) is 16.0 Å². The zero-order valence-electron chi connectivity index (χ0n) is 13.0. The fraction of sp³-hybridized carbons (Fsp3) is 0.444. The van der Waals surface area contributed by atoms with E-state index < -0.39 is 5.97 Å². The molecule has 3 rings (SSSR count). The molecule has 1 amide bonds. The fourth-order valence-corrected chi connectivity index (χ4v) is 3.41. The van der Waals surface area contributed by atoms with Gasteiger partial charge in [0, 0.05) is 29.6 Å². The number of hydrogen-bond acceptors (Lipinski definition) is 2. The first-order chi connectivity index (χ1) is 11.1. The molecule has 0 radical (unpaired) electrons. The molecule has 1 fully saturated rings. The largest absolute Gasteiger partial charge is 0.481 e. The Labute approximate surface area is 135 Å². The molecule has 0 atom stereocenters. The van der Waals surface area contributed by atoms with E-state index in [0.29, 0.717) is 32.2 Å². The molecule has 5 heteroatoms. The summed E-state index contributed by atoms with van der Waals surface area (Å²) in [6.45, 7) is 0.611. The first-order valence-electron chi connectivity index (χ1n) is 8.20. The van der Waals surface area contributed by atoms with Gasteiger partial charge in [0.05, 0.1) is 5.92 Å². The van der Waals surface area contributed by atoms with E-state index in [1.807, 2.05) is 24.4 Å². The van der Waals surface area contributed by atoms with E-state index in [1.165, 1.54) is 10.9 Å². The molecule has 0 bridgehead atoms. The first-order valence-corrected chi connectivity index (χ1v) is 8.20. The highest BCUT2D eigenvalue weighted by Crippen LogP contribution is 2.29. The highest BCUT2D eigenvalue weighted by atomic mass is 16.4. The summed E-state index contributed by atoms with van der Waals surface area (Å²) in [6.07, 6.45) is 5.35. The summed E-state index contributed by atoms with van der Waals surface area (Å²) in [5.74, 6) is -0.976. The highest BCUT2D eigenvalue weighted by Gasteiger charge is 2.29. The number of hydrogen-bond donors (Lipinski definition) is 3. The number of carboxylic acids is 1. The van der Waals surface area contributed by atoms with Crippen LogP contribution in [-0.4, -0.2) is 28.5 Å². The number of nitrogens with one attached hydrogen (secondary N) is 2. The molecule has 0 spiro atoms. The minimum absolute atomic E-state index is 0.0337. The highest BCUT2D eigenvalue weighted by molar-refractivity contribution is 5.83. The van der Waals surface area contributed by atoms with Gasteiger partial charge in [-0.15, -0.1) is 0 Å². The molecule has 1 heterocycles. The van der Waals surface area contributed by atoms with E-state index in [4.69, 9.17) is 5.11 Å². The standard InChI is InChI=1S/C18H22N2O3/c21-17(12-5-7-13(8-6-12)18(22)23)19-10-9-14-11-20-16-4-2-1-3-15(14)16/h1-4,11-13,20H,5-10H2,(H,19,21)(H,22,23). The molecule has 1 saturated carbocycles. The van der Waals surface area contributed by atoms with Gasteiger partial charge in [-0.2, -0.15) is 0 Å². The molecule has 23 heavy (non-hydrogen) atoms. The minimum atomic E-state index is -0.733. The molecular formula is C18H22N2O3. The molecule has 1 aliphatic rings. The number of aliphatic carboxylic acids is 1. The van der Waals surface area contributed by atoms with Crippen molar-refractivity contribution in [1.29, 1.82) is 0 Å². The number of aromatic nitrogens is 1. The summed E-state index contributed by atoms with van der Waals surface area (Å²) >= 11 is 0. The number of para-hydroxylation sites is 1. The Hall–Kier alpha value is -2.30. The molecule has 0 saturated heterocycles. The number of rotatable bonds is 5. The number of carbonyl (C=O) groups is 2. The van der Waals surface area contributed by atoms with E-state index in [9.17, 15) is 9.59 Å². The van der Waals surface area contributed by atoms with Crippen molar-refractivity contribution in [3.63, 3.8) is 0 Å². The lowest BCUT2D eigenvalue weighted by atomic mass is 9.81. The lowest BCUT2D eigenvalue weighted by Crippen LogP contribution is -2.35. The number of benzene rings is 1. The van der Waals surface area contributed by atoms with E-state index in [0.717, 1.165) is 11.9 Å². The Kier molecular flexibility index (Phi) is 4.65. The number of aromatic amines is 1. The summed E-state index contributed by atoms with van der Waals surface area (Å²) < 4.78 is 0. The van der Waals surface area contributed by atoms with Crippen LogP contribution in [0, 0.1) is 11.8 Å². The molecule has 0 aliphatic heterocycles. The number of carbonyl (C=O) groups excluding carboxylic acids is 1. The van der Waals surface area contributed by atoms with Gasteiger partial charge in [0.25, 0.3) is 0 Å². The Morgan fingerprint density at radius 1 is 1.13 bits per heavy atom. The molecule has 3 N–H and O–H groups in total. The smallest absolute Gasteiger partial charge is 0.306 e. The summed E-state index contributed by atoms with van der Waals surface area (Å²) in [5, 5.41) is 13.2. The van der Waals surface area contributed by atoms with E-state index in [1.54, 1.807) is 0 Å². The molecule has 1 aliphatic carbocycles. The Balaban J connectivity index is 1.47. The third kappa shape index (κ3) is 3.55. The molecule has 0 unspecified atom stereocenters. The fourth-order valence-electron chi connectivity index (χ4n) is 3.41. The minimum Gasteiger partial charge on any atom is -0.481 e. The average molecular weight is 314 g/mol. The van der Waals surface area contributed by atoms with Crippen LogP contribution in [0.4, 0.5) is 0 Å². The second-order valence-corrected chi connectivity index (χ2v) is 6.29. The van der Waals surface area contributed by atoms with Gasteiger partial charge in [-0.05, 0) is 43.7 Å². The lowest BCUT2D eigenvalue weighted by Gasteiger charge is -2.25. The van der Waals surface area contributed by atoms with Gasteiger partial charge in [0.2, 0.25) is 5.91 Å². The van der Waals surface area contributed by atoms with Crippen molar-refractivity contribution in [2.24, 2.45) is 11.8 Å². The van der Waals surface area contributed by atoms with Crippen LogP contribution < -0.4 is 5.32 Å². The normalized spacial score (nSPS) is 21.2. The quantitative estimate of drug-likeness (QED) is 0.793. The van der Waals surface area contributed by atoms with Crippen LogP contribution in [0.5, 0.6) is 0 Å². The molecule has 1 aromatic carbocycles. The van der Waals surface area contributed by atoms with Crippen LogP contribution in [0.2, 0.25) is 0 Å². The second kappa shape index (κ2) is 6.86. The van der Waals surface area contributed by atoms with E-state index >= 15 is 0 Å². The van der Waals surface area contributed by atoms with Crippen LogP contribution in [0.15, 0.2) is 30.5 Å². The van der Waals surface area contributed by atoms with Gasteiger partial charge in [-0.25, -0.2) is 0 Å². The van der Waals surface area contributed by atoms with Gasteiger partial charge >= 0.3 is 5.97 Å². The van der Waals surface area contributed by atoms with Gasteiger partial charge < -0.3 is 15.4 Å². The SMILES string of the molecule is O=C(O)C1CCC(C(=O)NCCc2c[nH]c3ccccc23)CC1. The van der Waals surface area contributed by atoms with Crippen LogP contribution in [0.1, 0.15) is 31.2 Å². The van der Waals surface area contributed by atoms with Crippen molar-refractivity contribution < 1.29 is 14.7 Å². The molecular weight excluding hydrogens is 292 g/mol. The van der Waals surface area contributed by atoms with Crippen LogP contribution >= 0.6 is 0 Å². The predicted octanol–water partition coefficient (Wildman–Crippen LogP) is 2.72. The van der Waals surface area contributed by atoms with Gasteiger partial charge in [0.1, 0.15) is 0 Å². The lowest BCUT2D eigenvalue weighted by molar-refractivity contribution is -0.144. The summed E-state index contributed by atoms with van der Waals surface area (Å²) in [6, 6.07) is 8.13. The Bertz CT molecular complexity index is 699. The third-order valence-electron chi connectivity index (χ3n) is 4.82. The van der Waals surface area contributed by atoms with Gasteiger partial charge in [-0.3, -0.25) is 9.59 Å². The van der Waals surface area contributed by atoms with Crippen LogP contribution in [0.25, 0.3) is 10.9 Å². The molecule has 5 nitrogen and oxygen atoms in total. The topological polar surface area (TPSA) is 82.2 Å². The maximum atomic E-state index is 12.2. The first kappa shape index (κ1) is 15.6. The Morgan fingerprint density at radius 3 is 2.57 bits per heavy atom. The summed E-state index contributed by atoms with van der Waals surface area (Å²) in [7, 11) is 0. The van der Waals surface area contributed by atoms with Crippen molar-refractivity contribution in [3.8, 4) is 0 Å². The monoisotopic (exact) mass is 314 g/mol. The molecule has 122 valence electrons. The van der Waals surface area contributed by atoms with Crippen LogP contribution in [0.3, 0.4) is 0 Å². The van der Waals surface area contributed by atoms with Crippen molar-refractivity contribution in [1.82, 2.24) is 10.3 Å². The summed E-state index contributed by atoms with van der Waals surface area (Å²) in [4.78, 5) is 26.4. The average Bonchev–Trinajstić information content (AvgIpc) is 2.98. The van der Waals surface area contributed by atoms with Crippen molar-refractivity contribution in [2.45, 2.75) is 32.1 Å². The Morgan fingerprint density at radius 2 is 1.83 bits per heavy atom. The van der Waals surface area contributed by atoms with E-state index in [2.05, 4.69) is 16.4 Å². The zero-order chi connectivity index (χ0) is 16.2. The molecule has 2 aromatic rings. The third-order valence-corrected chi connectivity index (χ3v) is 4.82. The van der Waals surface area contributed by atoms with E-state index in [-0.39, 0.29) is 17.7 Å². The second-order valence-electron chi connectivity index (χ2n) is 6.29. The summed E-state index contributed by atoms with van der Waals surface area (Å²) in [5.41, 5.74) is 2.32. The number of H-pyrrole nitrogens is 1. The van der Waals surface area contributed by atoms with Crippen molar-refractivity contribution >= 4 is 22.8 Å². The van der Waals surface area contributed by atoms with Gasteiger partial charge in [0.15, 0.2) is 0 Å². The maximum absolute atomic E-state index is 12.2. The van der Waals surface area contributed by atoms with Crippen molar-refractivity contribution in [2.75, 3.05) is 6.54 Å². The van der Waals surface area contributed by atoms with Crippen molar-refractivity contribution in [3.05, 3.63) is 36.0 Å². The number of fused-ring (bicyclic) bond motifs is 1. The number of carboxylic acid groups (broad SMARTS) is 1. The molecule has 1 aromatic heterocycles. The van der Waals surface area contributed by atoms with Gasteiger partial charge in [-0.1, -0.05) is 18.2 Å².